The van der Waals surface area contributed by atoms with Crippen LogP contribution in [0.25, 0.3) is 0 Å². The topological polar surface area (TPSA) is 30.5 Å². The molecule has 1 N–H and O–H groups in total. The number of methoxy groups -OCH3 is 2. The molecular formula is C15H25NO2. The number of hydrogen-bond donors (Lipinski definition) is 1. The Hall–Kier alpha value is -1.06. The number of ether oxygens (including phenoxy) is 2. The van der Waals surface area contributed by atoms with Gasteiger partial charge in [0.05, 0.1) is 13.7 Å². The summed E-state index contributed by atoms with van der Waals surface area (Å²) in [6.07, 6.45) is 2.29. The first-order valence-electron chi connectivity index (χ1n) is 6.60. The summed E-state index contributed by atoms with van der Waals surface area (Å²) in [6.45, 7) is 5.12. The van der Waals surface area contributed by atoms with Crippen molar-refractivity contribution in [2.45, 2.75) is 38.8 Å². The first-order chi connectivity index (χ1) is 8.71. The molecule has 2 atom stereocenters. The maximum atomic E-state index is 5.25. The lowest BCUT2D eigenvalue weighted by atomic mass is 10.1. The zero-order valence-corrected chi connectivity index (χ0v) is 11.9. The zero-order valence-electron chi connectivity index (χ0n) is 11.9. The van der Waals surface area contributed by atoms with Crippen LogP contribution in [0, 0.1) is 0 Å². The molecule has 3 nitrogen and oxygen atoms in total. The van der Waals surface area contributed by atoms with Crippen LogP contribution in [0.1, 0.15) is 38.3 Å². The molecule has 0 aliphatic rings. The van der Waals surface area contributed by atoms with Crippen LogP contribution in [-0.4, -0.2) is 26.9 Å². The van der Waals surface area contributed by atoms with Crippen LogP contribution in [-0.2, 0) is 4.74 Å². The molecule has 0 amide bonds. The van der Waals surface area contributed by atoms with E-state index in [-0.39, 0.29) is 0 Å². The molecule has 0 aliphatic heterocycles. The Balaban J connectivity index is 2.63. The standard InChI is InChI=1S/C15H25NO2/c1-5-7-14(11-17-3)16-12(2)13-8-6-9-15(10-13)18-4/h6,8-10,12,14,16H,5,7,11H2,1-4H3. The smallest absolute Gasteiger partial charge is 0.119 e. The second kappa shape index (κ2) is 8.11. The number of nitrogens with one attached hydrogen (secondary N) is 1. The molecule has 0 bridgehead atoms. The van der Waals surface area contributed by atoms with Crippen molar-refractivity contribution < 1.29 is 9.47 Å². The van der Waals surface area contributed by atoms with E-state index in [9.17, 15) is 0 Å². The van der Waals surface area contributed by atoms with Gasteiger partial charge in [0.1, 0.15) is 5.75 Å². The van der Waals surface area contributed by atoms with E-state index < -0.39 is 0 Å². The number of hydrogen-bond acceptors (Lipinski definition) is 3. The molecule has 18 heavy (non-hydrogen) atoms. The van der Waals surface area contributed by atoms with E-state index in [0.29, 0.717) is 12.1 Å². The van der Waals surface area contributed by atoms with E-state index in [1.165, 1.54) is 5.56 Å². The van der Waals surface area contributed by atoms with E-state index in [4.69, 9.17) is 9.47 Å². The Morgan fingerprint density at radius 2 is 2.06 bits per heavy atom. The summed E-state index contributed by atoms with van der Waals surface area (Å²) < 4.78 is 10.5. The van der Waals surface area contributed by atoms with Gasteiger partial charge in [-0.25, -0.2) is 0 Å². The van der Waals surface area contributed by atoms with Crippen molar-refractivity contribution in [3.63, 3.8) is 0 Å². The van der Waals surface area contributed by atoms with Crippen molar-refractivity contribution in [3.05, 3.63) is 29.8 Å². The van der Waals surface area contributed by atoms with Crippen LogP contribution < -0.4 is 10.1 Å². The maximum Gasteiger partial charge on any atom is 0.119 e. The monoisotopic (exact) mass is 251 g/mol. The molecule has 102 valence electrons. The van der Waals surface area contributed by atoms with Crippen LogP contribution in [0.3, 0.4) is 0 Å². The highest BCUT2D eigenvalue weighted by atomic mass is 16.5. The van der Waals surface area contributed by atoms with Crippen molar-refractivity contribution in [1.82, 2.24) is 5.32 Å². The lowest BCUT2D eigenvalue weighted by Crippen LogP contribution is -2.35. The van der Waals surface area contributed by atoms with Gasteiger partial charge in [0.25, 0.3) is 0 Å². The lowest BCUT2D eigenvalue weighted by molar-refractivity contribution is 0.157. The predicted octanol–water partition coefficient (Wildman–Crippen LogP) is 3.16. The quantitative estimate of drug-likeness (QED) is 0.770. The van der Waals surface area contributed by atoms with Gasteiger partial charge in [-0.05, 0) is 31.0 Å². The Bertz CT molecular complexity index is 335. The molecule has 0 aliphatic carbocycles. The van der Waals surface area contributed by atoms with Gasteiger partial charge in [-0.15, -0.1) is 0 Å². The summed E-state index contributed by atoms with van der Waals surface area (Å²) in [5.74, 6) is 0.903. The Labute approximate surface area is 110 Å². The van der Waals surface area contributed by atoms with E-state index in [0.717, 1.165) is 25.2 Å². The first-order valence-corrected chi connectivity index (χ1v) is 6.60. The van der Waals surface area contributed by atoms with Gasteiger partial charge in [0.15, 0.2) is 0 Å². The fraction of sp³-hybridized carbons (Fsp3) is 0.600. The summed E-state index contributed by atoms with van der Waals surface area (Å²) in [5.41, 5.74) is 1.24. The molecule has 0 fully saturated rings. The first kappa shape index (κ1) is 15.0. The van der Waals surface area contributed by atoms with Crippen molar-refractivity contribution in [2.75, 3.05) is 20.8 Å². The molecule has 2 unspecified atom stereocenters. The minimum Gasteiger partial charge on any atom is -0.497 e. The van der Waals surface area contributed by atoms with Crippen LogP contribution in [0.4, 0.5) is 0 Å². The van der Waals surface area contributed by atoms with Gasteiger partial charge in [0, 0.05) is 19.2 Å². The molecular weight excluding hydrogens is 226 g/mol. The third kappa shape index (κ3) is 4.67. The fourth-order valence-electron chi connectivity index (χ4n) is 2.13. The van der Waals surface area contributed by atoms with Crippen LogP contribution in [0.15, 0.2) is 24.3 Å². The average Bonchev–Trinajstić information content (AvgIpc) is 2.39. The van der Waals surface area contributed by atoms with E-state index in [2.05, 4.69) is 31.3 Å². The minimum absolute atomic E-state index is 0.298. The molecule has 1 rings (SSSR count). The van der Waals surface area contributed by atoms with Gasteiger partial charge >= 0.3 is 0 Å². The highest BCUT2D eigenvalue weighted by Gasteiger charge is 2.12. The van der Waals surface area contributed by atoms with E-state index >= 15 is 0 Å². The van der Waals surface area contributed by atoms with Gasteiger partial charge in [-0.2, -0.15) is 0 Å². The highest BCUT2D eigenvalue weighted by Crippen LogP contribution is 2.19. The SMILES string of the molecule is CCCC(COC)NC(C)c1cccc(OC)c1. The van der Waals surface area contributed by atoms with Crippen molar-refractivity contribution in [2.24, 2.45) is 0 Å². The molecule has 0 radical (unpaired) electrons. The molecule has 0 spiro atoms. The maximum absolute atomic E-state index is 5.25. The highest BCUT2D eigenvalue weighted by molar-refractivity contribution is 5.30. The molecule has 3 heteroatoms. The normalized spacial score (nSPS) is 14.2. The second-order valence-electron chi connectivity index (χ2n) is 4.61. The third-order valence-electron chi connectivity index (χ3n) is 3.08. The predicted molar refractivity (Wildman–Crippen MR) is 75.1 cm³/mol. The van der Waals surface area contributed by atoms with Crippen molar-refractivity contribution >= 4 is 0 Å². The average molecular weight is 251 g/mol. The zero-order chi connectivity index (χ0) is 13.4. The molecule has 0 heterocycles. The second-order valence-corrected chi connectivity index (χ2v) is 4.61. The molecule has 0 saturated carbocycles. The number of rotatable bonds is 8. The summed E-state index contributed by atoms with van der Waals surface area (Å²) in [7, 11) is 3.45. The molecule has 1 aromatic carbocycles. The molecule has 1 aromatic rings. The molecule has 0 aromatic heterocycles. The minimum atomic E-state index is 0.298. The van der Waals surface area contributed by atoms with Crippen LogP contribution in [0.2, 0.25) is 0 Å². The van der Waals surface area contributed by atoms with E-state index in [1.807, 2.05) is 12.1 Å². The summed E-state index contributed by atoms with van der Waals surface area (Å²) in [4.78, 5) is 0. The largest absolute Gasteiger partial charge is 0.497 e. The van der Waals surface area contributed by atoms with Crippen molar-refractivity contribution in [3.8, 4) is 5.75 Å². The Morgan fingerprint density at radius 1 is 1.28 bits per heavy atom. The summed E-state index contributed by atoms with van der Waals surface area (Å²) in [6, 6.07) is 8.89. The van der Waals surface area contributed by atoms with Gasteiger partial charge < -0.3 is 14.8 Å². The fourth-order valence-corrected chi connectivity index (χ4v) is 2.13. The molecule has 0 saturated heterocycles. The van der Waals surface area contributed by atoms with E-state index in [1.54, 1.807) is 14.2 Å². The van der Waals surface area contributed by atoms with Gasteiger partial charge in [-0.3, -0.25) is 0 Å². The summed E-state index contributed by atoms with van der Waals surface area (Å²) >= 11 is 0. The van der Waals surface area contributed by atoms with Crippen molar-refractivity contribution in [1.29, 1.82) is 0 Å². The lowest BCUT2D eigenvalue weighted by Gasteiger charge is -2.23. The van der Waals surface area contributed by atoms with Crippen LogP contribution >= 0.6 is 0 Å². The summed E-state index contributed by atoms with van der Waals surface area (Å²) in [5, 5.41) is 3.61. The Morgan fingerprint density at radius 3 is 2.67 bits per heavy atom. The number of benzene rings is 1. The Kier molecular flexibility index (Phi) is 6.76. The van der Waals surface area contributed by atoms with Gasteiger partial charge in [0.2, 0.25) is 0 Å². The van der Waals surface area contributed by atoms with Crippen LogP contribution in [0.5, 0.6) is 5.75 Å². The third-order valence-corrected chi connectivity index (χ3v) is 3.08. The van der Waals surface area contributed by atoms with Gasteiger partial charge in [-0.1, -0.05) is 25.5 Å².